The van der Waals surface area contributed by atoms with Gasteiger partial charge >= 0.3 is 6.03 Å². The highest BCUT2D eigenvalue weighted by atomic mass is 32.2. The number of hydrogen-bond acceptors (Lipinski definition) is 8. The number of rotatable bonds is 6. The molecule has 2 heterocycles. The first-order valence-corrected chi connectivity index (χ1v) is 13.9. The molecule has 1 saturated heterocycles. The lowest BCUT2D eigenvalue weighted by atomic mass is 10.1. The van der Waals surface area contributed by atoms with E-state index in [1.165, 1.54) is 6.07 Å². The van der Waals surface area contributed by atoms with Gasteiger partial charge in [0.1, 0.15) is 6.04 Å². The van der Waals surface area contributed by atoms with Crippen molar-refractivity contribution in [3.05, 3.63) is 48.5 Å². The van der Waals surface area contributed by atoms with E-state index in [0.29, 0.717) is 48.3 Å². The molecule has 2 atom stereocenters. The van der Waals surface area contributed by atoms with E-state index in [-0.39, 0.29) is 23.2 Å². The first-order chi connectivity index (χ1) is 18.0. The van der Waals surface area contributed by atoms with Crippen molar-refractivity contribution in [3.63, 3.8) is 0 Å². The van der Waals surface area contributed by atoms with Crippen LogP contribution in [0.4, 0.5) is 25.2 Å². The standard InChI is InChI=1S/C25H26F2N6O4S/c1-15-14-37-12-11-33(15)23-31-21(30-22(32-23)18-5-3-4-6-19(18)38(2,35)36)16-7-9-17(10-8-16)28-24(34)29-20-13-25(20,26)27/h3-10,15,20H,11-14H2,1-2H3,(H2,28,29,34). The number of halogens is 2. The van der Waals surface area contributed by atoms with Crippen LogP contribution in [0.15, 0.2) is 53.4 Å². The van der Waals surface area contributed by atoms with Gasteiger partial charge in [0.15, 0.2) is 21.5 Å². The molecule has 5 rings (SSSR count). The van der Waals surface area contributed by atoms with E-state index in [1.807, 2.05) is 11.8 Å². The molecule has 1 aliphatic heterocycles. The average Bonchev–Trinajstić information content (AvgIpc) is 3.48. The van der Waals surface area contributed by atoms with Crippen LogP contribution in [0.3, 0.4) is 0 Å². The second-order valence-corrected chi connectivity index (χ2v) is 11.3. The number of carbonyl (C=O) groups excluding carboxylic acids is 1. The van der Waals surface area contributed by atoms with Crippen LogP contribution in [0.25, 0.3) is 22.8 Å². The summed E-state index contributed by atoms with van der Waals surface area (Å²) >= 11 is 0. The molecule has 0 radical (unpaired) electrons. The van der Waals surface area contributed by atoms with E-state index in [4.69, 9.17) is 4.74 Å². The largest absolute Gasteiger partial charge is 0.377 e. The highest BCUT2D eigenvalue weighted by Gasteiger charge is 2.57. The Morgan fingerprint density at radius 1 is 1.08 bits per heavy atom. The number of amides is 2. The Labute approximate surface area is 218 Å². The number of alkyl halides is 2. The summed E-state index contributed by atoms with van der Waals surface area (Å²) in [6, 6.07) is 11.2. The van der Waals surface area contributed by atoms with Gasteiger partial charge in [-0.1, -0.05) is 12.1 Å². The number of nitrogens with one attached hydrogen (secondary N) is 2. The van der Waals surface area contributed by atoms with Crippen LogP contribution in [0.5, 0.6) is 0 Å². The molecule has 2 fully saturated rings. The number of hydrogen-bond donors (Lipinski definition) is 2. The molecule has 2 unspecified atom stereocenters. The van der Waals surface area contributed by atoms with Gasteiger partial charge in [0.25, 0.3) is 5.92 Å². The van der Waals surface area contributed by atoms with E-state index in [2.05, 4.69) is 25.6 Å². The smallest absolute Gasteiger partial charge is 0.319 e. The van der Waals surface area contributed by atoms with E-state index >= 15 is 0 Å². The highest BCUT2D eigenvalue weighted by molar-refractivity contribution is 7.90. The fourth-order valence-electron chi connectivity index (χ4n) is 4.14. The zero-order chi connectivity index (χ0) is 27.1. The predicted molar refractivity (Wildman–Crippen MR) is 137 cm³/mol. The van der Waals surface area contributed by atoms with E-state index < -0.39 is 27.8 Å². The third-order valence-electron chi connectivity index (χ3n) is 6.31. The first-order valence-electron chi connectivity index (χ1n) is 12.0. The average molecular weight is 545 g/mol. The molecular formula is C25H26F2N6O4S. The van der Waals surface area contributed by atoms with Gasteiger partial charge in [0.05, 0.1) is 24.2 Å². The zero-order valence-electron chi connectivity index (χ0n) is 20.7. The lowest BCUT2D eigenvalue weighted by molar-refractivity contribution is 0.0981. The molecule has 200 valence electrons. The molecule has 38 heavy (non-hydrogen) atoms. The second kappa shape index (κ2) is 9.87. The van der Waals surface area contributed by atoms with Crippen molar-refractivity contribution in [3.8, 4) is 22.8 Å². The summed E-state index contributed by atoms with van der Waals surface area (Å²) in [6.45, 7) is 3.52. The Kier molecular flexibility index (Phi) is 6.73. The van der Waals surface area contributed by atoms with Gasteiger partial charge in [0, 0.05) is 36.0 Å². The number of aromatic nitrogens is 3. The van der Waals surface area contributed by atoms with Crippen LogP contribution in [0.1, 0.15) is 13.3 Å². The van der Waals surface area contributed by atoms with Crippen LogP contribution in [0, 0.1) is 0 Å². The molecule has 1 aromatic heterocycles. The number of carbonyl (C=O) groups is 1. The van der Waals surface area contributed by atoms with Gasteiger partial charge in [-0.2, -0.15) is 9.97 Å². The summed E-state index contributed by atoms with van der Waals surface area (Å²) in [7, 11) is -3.56. The number of sulfone groups is 1. The minimum atomic E-state index is -3.56. The Morgan fingerprint density at radius 2 is 1.76 bits per heavy atom. The molecule has 3 aromatic rings. The van der Waals surface area contributed by atoms with Crippen molar-refractivity contribution < 1.29 is 26.7 Å². The van der Waals surface area contributed by atoms with Gasteiger partial charge in [-0.05, 0) is 43.3 Å². The topological polar surface area (TPSA) is 126 Å². The summed E-state index contributed by atoms with van der Waals surface area (Å²) < 4.78 is 56.6. The van der Waals surface area contributed by atoms with Crippen molar-refractivity contribution in [2.45, 2.75) is 36.2 Å². The Morgan fingerprint density at radius 3 is 2.42 bits per heavy atom. The van der Waals surface area contributed by atoms with E-state index in [9.17, 15) is 22.0 Å². The molecule has 2 N–H and O–H groups in total. The minimum Gasteiger partial charge on any atom is -0.377 e. The summed E-state index contributed by atoms with van der Waals surface area (Å²) in [5, 5.41) is 4.77. The van der Waals surface area contributed by atoms with E-state index in [0.717, 1.165) is 6.26 Å². The van der Waals surface area contributed by atoms with Gasteiger partial charge in [-0.25, -0.2) is 27.0 Å². The maximum Gasteiger partial charge on any atom is 0.319 e. The van der Waals surface area contributed by atoms with Crippen LogP contribution in [-0.2, 0) is 14.6 Å². The van der Waals surface area contributed by atoms with Crippen LogP contribution in [-0.4, -0.2) is 73.4 Å². The third kappa shape index (κ3) is 5.58. The SMILES string of the molecule is CC1COCCN1c1nc(-c2ccc(NC(=O)NC3CC3(F)F)cc2)nc(-c2ccccc2S(C)(=O)=O)n1. The summed E-state index contributed by atoms with van der Waals surface area (Å²) in [6.07, 6.45) is 0.763. The number of urea groups is 1. The summed E-state index contributed by atoms with van der Waals surface area (Å²) in [4.78, 5) is 28.0. The highest BCUT2D eigenvalue weighted by Crippen LogP contribution is 2.41. The van der Waals surface area contributed by atoms with Gasteiger partial charge < -0.3 is 20.3 Å². The van der Waals surface area contributed by atoms with Crippen LogP contribution >= 0.6 is 0 Å². The molecule has 13 heteroatoms. The first kappa shape index (κ1) is 25.9. The van der Waals surface area contributed by atoms with Crippen molar-refractivity contribution in [2.75, 3.05) is 36.2 Å². The number of ether oxygens (including phenoxy) is 1. The number of nitrogens with zero attached hydrogens (tertiary/aromatic N) is 4. The lowest BCUT2D eigenvalue weighted by Gasteiger charge is -2.33. The normalized spacial score (nSPS) is 20.6. The third-order valence-corrected chi connectivity index (χ3v) is 7.46. The fourth-order valence-corrected chi connectivity index (χ4v) is 5.02. The fraction of sp³-hybridized carbons (Fsp3) is 0.360. The van der Waals surface area contributed by atoms with Crippen molar-refractivity contribution in [1.29, 1.82) is 0 Å². The van der Waals surface area contributed by atoms with Crippen molar-refractivity contribution in [2.24, 2.45) is 0 Å². The molecule has 2 aromatic carbocycles. The lowest BCUT2D eigenvalue weighted by Crippen LogP contribution is -2.44. The molecule has 2 amide bonds. The van der Waals surface area contributed by atoms with Crippen molar-refractivity contribution >= 4 is 27.5 Å². The van der Waals surface area contributed by atoms with Crippen molar-refractivity contribution in [1.82, 2.24) is 20.3 Å². The van der Waals surface area contributed by atoms with Gasteiger partial charge in [0.2, 0.25) is 5.95 Å². The predicted octanol–water partition coefficient (Wildman–Crippen LogP) is 3.36. The number of anilines is 2. The number of morpholine rings is 1. The Bertz CT molecular complexity index is 1470. The monoisotopic (exact) mass is 544 g/mol. The molecule has 2 aliphatic rings. The molecule has 10 nitrogen and oxygen atoms in total. The second-order valence-electron chi connectivity index (χ2n) is 9.36. The summed E-state index contributed by atoms with van der Waals surface area (Å²) in [5.41, 5.74) is 1.34. The Balaban J connectivity index is 1.49. The minimum absolute atomic E-state index is 0.0130. The summed E-state index contributed by atoms with van der Waals surface area (Å²) in [5.74, 6) is -1.96. The molecule has 1 aliphatic carbocycles. The maximum atomic E-state index is 13.1. The zero-order valence-corrected chi connectivity index (χ0v) is 21.5. The Hall–Kier alpha value is -3.71. The quantitative estimate of drug-likeness (QED) is 0.484. The van der Waals surface area contributed by atoms with Gasteiger partial charge in [-0.3, -0.25) is 0 Å². The molecule has 0 bridgehead atoms. The molecule has 0 spiro atoms. The van der Waals surface area contributed by atoms with Gasteiger partial charge in [-0.15, -0.1) is 0 Å². The maximum absolute atomic E-state index is 13.1. The van der Waals surface area contributed by atoms with E-state index in [1.54, 1.807) is 42.5 Å². The number of benzene rings is 2. The molecular weight excluding hydrogens is 518 g/mol. The molecule has 1 saturated carbocycles. The van der Waals surface area contributed by atoms with Crippen LogP contribution in [0.2, 0.25) is 0 Å². The van der Waals surface area contributed by atoms with Crippen LogP contribution < -0.4 is 15.5 Å².